The smallest absolute Gasteiger partial charge is 0.317 e. The maximum Gasteiger partial charge on any atom is 0.317 e. The molecule has 1 rings (SSSR count). The summed E-state index contributed by atoms with van der Waals surface area (Å²) in [6, 6.07) is 6.25. The van der Waals surface area contributed by atoms with E-state index in [1.165, 1.54) is 9.80 Å². The van der Waals surface area contributed by atoms with Crippen LogP contribution in [0.3, 0.4) is 0 Å². The van der Waals surface area contributed by atoms with Gasteiger partial charge in [-0.05, 0) is 38.0 Å². The molecular weight excluding hydrogens is 518 g/mol. The number of carboxylic acids is 5. The van der Waals surface area contributed by atoms with Crippen LogP contribution < -0.4 is 11.1 Å². The minimum absolute atomic E-state index is 0.0637. The molecular formula is C24H37N5O10. The molecule has 0 bridgehead atoms. The van der Waals surface area contributed by atoms with Gasteiger partial charge in [0.2, 0.25) is 0 Å². The summed E-state index contributed by atoms with van der Waals surface area (Å²) in [5, 5.41) is 49.5. The second-order valence-corrected chi connectivity index (χ2v) is 9.72. The Morgan fingerprint density at radius 2 is 1.15 bits per heavy atom. The van der Waals surface area contributed by atoms with Crippen molar-refractivity contribution in [2.24, 2.45) is 5.73 Å². The fourth-order valence-electron chi connectivity index (χ4n) is 3.94. The standard InChI is InChI=1S/C24H37N5O10/c1-24(2,25)26-17-5-3-16(4-6-17)9-18(29(14-22(36)37)15-23(38)39)10-27(11-19(30)31)7-8-28(12-20(32)33)13-21(34)35/h3-6,18,26H,7-15,25H2,1-2H3,(H,30,31)(H,32,33)(H,34,35)(H,36,37)(H,38,39)/t18-/m0/s1. The summed E-state index contributed by atoms with van der Waals surface area (Å²) in [7, 11) is 0. The van der Waals surface area contributed by atoms with Gasteiger partial charge in [0, 0.05) is 31.4 Å². The van der Waals surface area contributed by atoms with Crippen LogP contribution in [-0.4, -0.2) is 134 Å². The number of hydrogen-bond donors (Lipinski definition) is 7. The summed E-state index contributed by atoms with van der Waals surface area (Å²) in [5.41, 5.74) is 6.72. The molecule has 15 heteroatoms. The molecule has 8 N–H and O–H groups in total. The van der Waals surface area contributed by atoms with Gasteiger partial charge in [-0.2, -0.15) is 0 Å². The van der Waals surface area contributed by atoms with Gasteiger partial charge in [0.1, 0.15) is 0 Å². The number of nitrogens with one attached hydrogen (secondary N) is 1. The number of carbonyl (C=O) groups is 5. The van der Waals surface area contributed by atoms with E-state index in [1.807, 2.05) is 0 Å². The number of rotatable bonds is 20. The number of aliphatic carboxylic acids is 5. The lowest BCUT2D eigenvalue weighted by atomic mass is 10.0. The van der Waals surface area contributed by atoms with Crippen LogP contribution in [0.1, 0.15) is 19.4 Å². The summed E-state index contributed by atoms with van der Waals surface area (Å²) < 4.78 is 0. The predicted octanol–water partition coefficient (Wildman–Crippen LogP) is -0.967. The third-order valence-corrected chi connectivity index (χ3v) is 5.36. The van der Waals surface area contributed by atoms with Crippen molar-refractivity contribution in [3.8, 4) is 0 Å². The Hall–Kier alpha value is -3.79. The molecule has 0 amide bonds. The maximum atomic E-state index is 11.6. The Bertz CT molecular complexity index is 964. The fraction of sp³-hybridized carbons (Fsp3) is 0.542. The van der Waals surface area contributed by atoms with Gasteiger partial charge in [-0.25, -0.2) is 0 Å². The Morgan fingerprint density at radius 1 is 0.744 bits per heavy atom. The minimum atomic E-state index is -1.27. The Balaban J connectivity index is 3.24. The van der Waals surface area contributed by atoms with Crippen molar-refractivity contribution in [3.05, 3.63) is 29.8 Å². The van der Waals surface area contributed by atoms with E-state index in [-0.39, 0.29) is 26.1 Å². The lowest BCUT2D eigenvalue weighted by molar-refractivity contribution is -0.144. The van der Waals surface area contributed by atoms with Gasteiger partial charge in [0.25, 0.3) is 0 Å². The lowest BCUT2D eigenvalue weighted by Crippen LogP contribution is -2.51. The van der Waals surface area contributed by atoms with E-state index in [0.29, 0.717) is 0 Å². The number of benzene rings is 1. The molecule has 218 valence electrons. The van der Waals surface area contributed by atoms with Crippen molar-refractivity contribution in [3.63, 3.8) is 0 Å². The van der Waals surface area contributed by atoms with Crippen LogP contribution in [-0.2, 0) is 30.4 Å². The molecule has 0 heterocycles. The molecule has 1 aromatic rings. The first-order valence-electron chi connectivity index (χ1n) is 12.0. The lowest BCUT2D eigenvalue weighted by Gasteiger charge is -2.34. The van der Waals surface area contributed by atoms with E-state index in [2.05, 4.69) is 5.32 Å². The third kappa shape index (κ3) is 15.3. The summed E-state index contributed by atoms with van der Waals surface area (Å²) >= 11 is 0. The zero-order chi connectivity index (χ0) is 29.8. The van der Waals surface area contributed by atoms with Crippen LogP contribution in [0.2, 0.25) is 0 Å². The highest BCUT2D eigenvalue weighted by Crippen LogP contribution is 2.17. The largest absolute Gasteiger partial charge is 0.480 e. The van der Waals surface area contributed by atoms with Gasteiger partial charge < -0.3 is 36.6 Å². The molecule has 0 aliphatic rings. The van der Waals surface area contributed by atoms with Gasteiger partial charge in [0.05, 0.1) is 38.4 Å². The average Bonchev–Trinajstić information content (AvgIpc) is 2.74. The third-order valence-electron chi connectivity index (χ3n) is 5.36. The van der Waals surface area contributed by atoms with Gasteiger partial charge in [0.15, 0.2) is 0 Å². The normalized spacial score (nSPS) is 12.5. The molecule has 15 nitrogen and oxygen atoms in total. The van der Waals surface area contributed by atoms with Crippen LogP contribution in [0.5, 0.6) is 0 Å². The van der Waals surface area contributed by atoms with Crippen LogP contribution in [0.25, 0.3) is 0 Å². The molecule has 0 saturated carbocycles. The number of nitrogens with two attached hydrogens (primary N) is 1. The van der Waals surface area contributed by atoms with Crippen molar-refractivity contribution in [1.29, 1.82) is 0 Å². The molecule has 1 atom stereocenters. The summed E-state index contributed by atoms with van der Waals surface area (Å²) in [6.45, 7) is 0.365. The minimum Gasteiger partial charge on any atom is -0.480 e. The number of hydrogen-bond acceptors (Lipinski definition) is 10. The van der Waals surface area contributed by atoms with Crippen LogP contribution in [0.15, 0.2) is 24.3 Å². The van der Waals surface area contributed by atoms with Crippen LogP contribution in [0.4, 0.5) is 5.69 Å². The Labute approximate surface area is 225 Å². The van der Waals surface area contributed by atoms with E-state index in [1.54, 1.807) is 38.1 Å². The maximum absolute atomic E-state index is 11.6. The number of carboxylic acid groups (broad SMARTS) is 5. The van der Waals surface area contributed by atoms with Crippen molar-refractivity contribution >= 4 is 35.5 Å². The first kappa shape index (κ1) is 33.2. The second kappa shape index (κ2) is 15.6. The highest BCUT2D eigenvalue weighted by Gasteiger charge is 2.27. The molecule has 0 fully saturated rings. The molecule has 0 aliphatic carbocycles. The molecule has 0 spiro atoms. The second-order valence-electron chi connectivity index (χ2n) is 9.72. The van der Waals surface area contributed by atoms with E-state index in [4.69, 9.17) is 15.9 Å². The Kier molecular flexibility index (Phi) is 13.3. The number of nitrogens with zero attached hydrogens (tertiary/aromatic N) is 3. The van der Waals surface area contributed by atoms with Crippen molar-refractivity contribution in [2.75, 3.05) is 57.7 Å². The van der Waals surface area contributed by atoms with Gasteiger partial charge >= 0.3 is 29.8 Å². The quantitative estimate of drug-likeness (QED) is 0.0959. The predicted molar refractivity (Wildman–Crippen MR) is 138 cm³/mol. The van der Waals surface area contributed by atoms with Crippen molar-refractivity contribution in [2.45, 2.75) is 32.0 Å². The van der Waals surface area contributed by atoms with Crippen molar-refractivity contribution in [1.82, 2.24) is 14.7 Å². The topological polar surface area (TPSA) is 234 Å². The van der Waals surface area contributed by atoms with E-state index in [9.17, 15) is 39.3 Å². The van der Waals surface area contributed by atoms with Gasteiger partial charge in [-0.1, -0.05) is 12.1 Å². The van der Waals surface area contributed by atoms with E-state index >= 15 is 0 Å². The molecule has 0 unspecified atom stereocenters. The first-order chi connectivity index (χ1) is 18.0. The summed E-state index contributed by atoms with van der Waals surface area (Å²) in [4.78, 5) is 60.6. The average molecular weight is 556 g/mol. The molecule has 1 aromatic carbocycles. The zero-order valence-electron chi connectivity index (χ0n) is 21.9. The van der Waals surface area contributed by atoms with E-state index < -0.39 is 74.3 Å². The highest BCUT2D eigenvalue weighted by molar-refractivity contribution is 5.73. The van der Waals surface area contributed by atoms with Crippen LogP contribution >= 0.6 is 0 Å². The summed E-state index contributed by atoms with van der Waals surface area (Å²) in [6.07, 6.45) is 0.164. The highest BCUT2D eigenvalue weighted by atomic mass is 16.4. The first-order valence-corrected chi connectivity index (χ1v) is 12.0. The van der Waals surface area contributed by atoms with Crippen molar-refractivity contribution < 1.29 is 49.5 Å². The fourth-order valence-corrected chi connectivity index (χ4v) is 3.94. The molecule has 0 aromatic heterocycles. The van der Waals surface area contributed by atoms with Gasteiger partial charge in [-0.15, -0.1) is 0 Å². The molecule has 0 radical (unpaired) electrons. The molecule has 0 saturated heterocycles. The Morgan fingerprint density at radius 3 is 1.56 bits per heavy atom. The summed E-state index contributed by atoms with van der Waals surface area (Å²) in [5.74, 6) is -6.29. The zero-order valence-corrected chi connectivity index (χ0v) is 21.9. The van der Waals surface area contributed by atoms with Crippen LogP contribution in [0, 0.1) is 0 Å². The molecule has 0 aliphatic heterocycles. The van der Waals surface area contributed by atoms with Gasteiger partial charge in [-0.3, -0.25) is 38.7 Å². The van der Waals surface area contributed by atoms with E-state index in [0.717, 1.165) is 16.2 Å². The SMILES string of the molecule is CC(C)(N)Nc1ccc(C[C@@H](CN(CCN(CC(=O)O)CC(=O)O)CC(=O)O)N(CC(=O)O)CC(=O)O)cc1. The number of anilines is 1. The monoisotopic (exact) mass is 555 g/mol. The molecule has 39 heavy (non-hydrogen) atoms.